The minimum Gasteiger partial charge on any atom is -0.326 e. The number of benzene rings is 2. The molecule has 1 aliphatic heterocycles. The number of carbonyl (C=O) groups is 1. The van der Waals surface area contributed by atoms with E-state index in [0.717, 1.165) is 4.47 Å². The molecule has 2 aromatic rings. The molecule has 6 nitrogen and oxygen atoms in total. The molecule has 3 rings (SSSR count). The third kappa shape index (κ3) is 4.56. The molecular weight excluding hydrogens is 430 g/mol. The molecule has 1 saturated heterocycles. The summed E-state index contributed by atoms with van der Waals surface area (Å²) < 4.78 is 27.7. The van der Waals surface area contributed by atoms with E-state index in [-0.39, 0.29) is 16.7 Å². The van der Waals surface area contributed by atoms with Crippen molar-refractivity contribution in [1.82, 2.24) is 4.31 Å². The van der Waals surface area contributed by atoms with Gasteiger partial charge in [0, 0.05) is 29.2 Å². The van der Waals surface area contributed by atoms with Gasteiger partial charge >= 0.3 is 0 Å². The minimum atomic E-state index is -3.55. The van der Waals surface area contributed by atoms with Crippen LogP contribution in [0.3, 0.4) is 0 Å². The summed E-state index contributed by atoms with van der Waals surface area (Å²) in [5.41, 5.74) is 1.05. The zero-order valence-corrected chi connectivity index (χ0v) is 16.8. The monoisotopic (exact) mass is 447 g/mol. The first-order valence-corrected chi connectivity index (χ1v) is 10.7. The van der Waals surface area contributed by atoms with Gasteiger partial charge in [-0.25, -0.2) is 8.42 Å². The van der Waals surface area contributed by atoms with E-state index in [0.29, 0.717) is 37.2 Å². The van der Waals surface area contributed by atoms with Gasteiger partial charge in [-0.1, -0.05) is 22.0 Å². The van der Waals surface area contributed by atoms with Crippen LogP contribution < -0.4 is 5.32 Å². The van der Waals surface area contributed by atoms with Gasteiger partial charge in [-0.2, -0.15) is 9.57 Å². The van der Waals surface area contributed by atoms with Crippen molar-refractivity contribution in [3.8, 4) is 6.07 Å². The number of carbonyl (C=O) groups excluding carboxylic acids is 1. The largest absolute Gasteiger partial charge is 0.326 e. The summed E-state index contributed by atoms with van der Waals surface area (Å²) in [6.45, 7) is 0.601. The van der Waals surface area contributed by atoms with E-state index in [1.54, 1.807) is 48.5 Å². The molecule has 1 amide bonds. The normalized spacial score (nSPS) is 15.9. The van der Waals surface area contributed by atoms with Crippen molar-refractivity contribution in [3.63, 3.8) is 0 Å². The number of amides is 1. The Labute approximate surface area is 167 Å². The van der Waals surface area contributed by atoms with E-state index >= 15 is 0 Å². The zero-order chi connectivity index (χ0) is 19.4. The van der Waals surface area contributed by atoms with Crippen LogP contribution in [-0.4, -0.2) is 31.7 Å². The van der Waals surface area contributed by atoms with E-state index in [9.17, 15) is 13.2 Å². The van der Waals surface area contributed by atoms with Crippen molar-refractivity contribution < 1.29 is 13.2 Å². The van der Waals surface area contributed by atoms with Crippen LogP contribution in [0.25, 0.3) is 0 Å². The maximum Gasteiger partial charge on any atom is 0.243 e. The number of nitrogens with one attached hydrogen (secondary N) is 1. The molecule has 0 saturated carbocycles. The molecule has 1 N–H and O–H groups in total. The minimum absolute atomic E-state index is 0.147. The van der Waals surface area contributed by atoms with Gasteiger partial charge in [0.05, 0.1) is 16.5 Å². The zero-order valence-electron chi connectivity index (χ0n) is 14.4. The highest BCUT2D eigenvalue weighted by molar-refractivity contribution is 9.10. The first kappa shape index (κ1) is 19.5. The first-order valence-electron chi connectivity index (χ1n) is 8.47. The number of sulfonamides is 1. The van der Waals surface area contributed by atoms with Gasteiger partial charge in [0.25, 0.3) is 0 Å². The average molecular weight is 448 g/mol. The van der Waals surface area contributed by atoms with Crippen LogP contribution in [0, 0.1) is 17.2 Å². The topological polar surface area (TPSA) is 90.3 Å². The molecule has 0 aromatic heterocycles. The molecule has 1 aliphatic rings. The molecule has 0 bridgehead atoms. The summed E-state index contributed by atoms with van der Waals surface area (Å²) in [7, 11) is -3.55. The lowest BCUT2D eigenvalue weighted by Crippen LogP contribution is -2.41. The first-order chi connectivity index (χ1) is 12.9. The fourth-order valence-electron chi connectivity index (χ4n) is 3.02. The number of rotatable bonds is 4. The Hall–Kier alpha value is -2.21. The fourth-order valence-corrected chi connectivity index (χ4v) is 4.76. The molecule has 1 heterocycles. The fraction of sp³-hybridized carbons (Fsp3) is 0.263. The van der Waals surface area contributed by atoms with E-state index in [1.165, 1.54) is 4.31 Å². The smallest absolute Gasteiger partial charge is 0.243 e. The van der Waals surface area contributed by atoms with Gasteiger partial charge in [0.1, 0.15) is 0 Å². The summed E-state index contributed by atoms with van der Waals surface area (Å²) >= 11 is 3.30. The SMILES string of the molecule is N#Cc1cccc(NC(=O)C2CCN(S(=O)(=O)c3ccc(Br)cc3)CC2)c1. The van der Waals surface area contributed by atoms with Gasteiger partial charge < -0.3 is 5.32 Å². The van der Waals surface area contributed by atoms with Crippen LogP contribution in [-0.2, 0) is 14.8 Å². The van der Waals surface area contributed by atoms with Crippen LogP contribution in [0.2, 0.25) is 0 Å². The van der Waals surface area contributed by atoms with E-state index < -0.39 is 10.0 Å². The third-order valence-corrected chi connectivity index (χ3v) is 6.98. The summed E-state index contributed by atoms with van der Waals surface area (Å²) in [5, 5.41) is 11.7. The number of anilines is 1. The van der Waals surface area contributed by atoms with Crippen molar-refractivity contribution in [1.29, 1.82) is 5.26 Å². The molecule has 0 radical (unpaired) electrons. The van der Waals surface area contributed by atoms with Crippen molar-refractivity contribution >= 4 is 37.5 Å². The summed E-state index contributed by atoms with van der Waals surface area (Å²) in [5.74, 6) is -0.405. The number of nitriles is 1. The molecule has 2 aromatic carbocycles. The van der Waals surface area contributed by atoms with Crippen molar-refractivity contribution in [2.45, 2.75) is 17.7 Å². The molecule has 0 spiro atoms. The Morgan fingerprint density at radius 3 is 2.44 bits per heavy atom. The summed E-state index contributed by atoms with van der Waals surface area (Å²) in [6, 6.07) is 15.3. The Balaban J connectivity index is 1.62. The third-order valence-electron chi connectivity index (χ3n) is 4.54. The van der Waals surface area contributed by atoms with Gasteiger partial charge in [-0.15, -0.1) is 0 Å². The molecule has 0 atom stereocenters. The second-order valence-electron chi connectivity index (χ2n) is 6.31. The predicted molar refractivity (Wildman–Crippen MR) is 105 cm³/mol. The van der Waals surface area contributed by atoms with Gasteiger partial charge in [0.2, 0.25) is 15.9 Å². The lowest BCUT2D eigenvalue weighted by Gasteiger charge is -2.30. The number of nitrogens with zero attached hydrogens (tertiary/aromatic N) is 2. The number of hydrogen-bond acceptors (Lipinski definition) is 4. The van der Waals surface area contributed by atoms with Crippen LogP contribution in [0.5, 0.6) is 0 Å². The van der Waals surface area contributed by atoms with Gasteiger partial charge in [-0.05, 0) is 55.3 Å². The highest BCUT2D eigenvalue weighted by Gasteiger charge is 2.32. The van der Waals surface area contributed by atoms with Crippen LogP contribution in [0.4, 0.5) is 5.69 Å². The average Bonchev–Trinajstić information content (AvgIpc) is 2.68. The Morgan fingerprint density at radius 1 is 1.15 bits per heavy atom. The standard InChI is InChI=1S/C19H18BrN3O3S/c20-16-4-6-18(7-5-16)27(25,26)23-10-8-15(9-11-23)19(24)22-17-3-1-2-14(12-17)13-21/h1-7,12,15H,8-11H2,(H,22,24). The number of piperidine rings is 1. The molecule has 0 aliphatic carbocycles. The lowest BCUT2D eigenvalue weighted by atomic mass is 9.97. The van der Waals surface area contributed by atoms with Gasteiger partial charge in [0.15, 0.2) is 0 Å². The number of hydrogen-bond donors (Lipinski definition) is 1. The second-order valence-corrected chi connectivity index (χ2v) is 9.17. The van der Waals surface area contributed by atoms with Crippen LogP contribution in [0.15, 0.2) is 57.9 Å². The maximum atomic E-state index is 12.7. The molecule has 8 heteroatoms. The Bertz CT molecular complexity index is 976. The molecule has 27 heavy (non-hydrogen) atoms. The highest BCUT2D eigenvalue weighted by Crippen LogP contribution is 2.25. The molecule has 0 unspecified atom stereocenters. The predicted octanol–water partition coefficient (Wildman–Crippen LogP) is 3.36. The van der Waals surface area contributed by atoms with Crippen molar-refractivity contribution in [2.75, 3.05) is 18.4 Å². The highest BCUT2D eigenvalue weighted by atomic mass is 79.9. The maximum absolute atomic E-state index is 12.7. The lowest BCUT2D eigenvalue weighted by molar-refractivity contribution is -0.120. The molecule has 1 fully saturated rings. The van der Waals surface area contributed by atoms with E-state index in [1.807, 2.05) is 6.07 Å². The number of halogens is 1. The summed E-state index contributed by atoms with van der Waals surface area (Å²) in [6.07, 6.45) is 0.916. The second kappa shape index (κ2) is 8.21. The van der Waals surface area contributed by atoms with Crippen molar-refractivity contribution in [3.05, 3.63) is 58.6 Å². The van der Waals surface area contributed by atoms with Crippen LogP contribution >= 0.6 is 15.9 Å². The van der Waals surface area contributed by atoms with Gasteiger partial charge in [-0.3, -0.25) is 4.79 Å². The summed E-state index contributed by atoms with van der Waals surface area (Å²) in [4.78, 5) is 12.7. The van der Waals surface area contributed by atoms with E-state index in [2.05, 4.69) is 21.2 Å². The quantitative estimate of drug-likeness (QED) is 0.777. The van der Waals surface area contributed by atoms with Crippen molar-refractivity contribution in [2.24, 2.45) is 5.92 Å². The van der Waals surface area contributed by atoms with E-state index in [4.69, 9.17) is 5.26 Å². The molecular formula is C19H18BrN3O3S. The Morgan fingerprint density at radius 2 is 1.81 bits per heavy atom. The van der Waals surface area contributed by atoms with Crippen LogP contribution in [0.1, 0.15) is 18.4 Å². The Kier molecular flexibility index (Phi) is 5.95. The molecule has 140 valence electrons.